The van der Waals surface area contributed by atoms with E-state index >= 15 is 0 Å². The van der Waals surface area contributed by atoms with Crippen LogP contribution in [0.15, 0.2) is 59.7 Å². The lowest BCUT2D eigenvalue weighted by Gasteiger charge is -2.08. The van der Waals surface area contributed by atoms with Crippen molar-refractivity contribution in [3.63, 3.8) is 0 Å². The lowest BCUT2D eigenvalue weighted by molar-refractivity contribution is 0.340. The van der Waals surface area contributed by atoms with Crippen LogP contribution in [0.3, 0.4) is 0 Å². The van der Waals surface area contributed by atoms with E-state index in [-0.39, 0.29) is 17.1 Å². The van der Waals surface area contributed by atoms with Crippen LogP contribution in [-0.4, -0.2) is 20.8 Å². The van der Waals surface area contributed by atoms with E-state index in [0.717, 1.165) is 5.56 Å². The Morgan fingerprint density at radius 2 is 1.90 bits per heavy atom. The highest BCUT2D eigenvalue weighted by Crippen LogP contribution is 2.30. The molecule has 4 aromatic rings. The lowest BCUT2D eigenvalue weighted by atomic mass is 10.1. The molecule has 8 heteroatoms. The Morgan fingerprint density at radius 3 is 2.62 bits per heavy atom. The summed E-state index contributed by atoms with van der Waals surface area (Å²) in [4.78, 5) is 12.9. The van der Waals surface area contributed by atoms with Gasteiger partial charge in [-0.2, -0.15) is 5.10 Å². The van der Waals surface area contributed by atoms with Crippen molar-refractivity contribution in [3.05, 3.63) is 86.6 Å². The van der Waals surface area contributed by atoms with E-state index < -0.39 is 5.82 Å². The zero-order valence-corrected chi connectivity index (χ0v) is 16.9. The van der Waals surface area contributed by atoms with Gasteiger partial charge in [-0.3, -0.25) is 4.79 Å². The molecule has 5 nitrogen and oxygen atoms in total. The molecule has 0 saturated heterocycles. The van der Waals surface area contributed by atoms with Crippen molar-refractivity contribution in [3.8, 4) is 17.0 Å². The molecule has 2 aromatic carbocycles. The molecular weight excluding hydrogens is 416 g/mol. The van der Waals surface area contributed by atoms with E-state index in [0.29, 0.717) is 34.2 Å². The third kappa shape index (κ3) is 3.86. The molecule has 0 fully saturated rings. The molecule has 0 aliphatic carbocycles. The molecule has 148 valence electrons. The number of rotatable bonds is 5. The summed E-state index contributed by atoms with van der Waals surface area (Å²) in [6.45, 7) is 2.63. The topological polar surface area (TPSA) is 48.5 Å². The van der Waals surface area contributed by atoms with Crippen LogP contribution in [0.5, 0.6) is 5.75 Å². The maximum atomic E-state index is 13.3. The SMILES string of the molecule is CCOc1ccc(-c2cc3c(=O)n(Cc4ccc(F)cc4Cl)ccn3n2)cc1Cl. The fourth-order valence-corrected chi connectivity index (χ4v) is 3.52. The average molecular weight is 432 g/mol. The minimum absolute atomic E-state index is 0.226. The maximum Gasteiger partial charge on any atom is 0.276 e. The van der Waals surface area contributed by atoms with Gasteiger partial charge >= 0.3 is 0 Å². The number of nitrogens with zero attached hydrogens (tertiary/aromatic N) is 3. The first-order valence-corrected chi connectivity index (χ1v) is 9.67. The number of hydrogen-bond donors (Lipinski definition) is 0. The first kappa shape index (κ1) is 19.5. The van der Waals surface area contributed by atoms with E-state index in [1.54, 1.807) is 36.7 Å². The minimum atomic E-state index is -0.420. The van der Waals surface area contributed by atoms with Crippen molar-refractivity contribution < 1.29 is 9.13 Å². The standard InChI is InChI=1S/C21H16Cl2FN3O2/c1-2-29-20-6-4-13(9-17(20)23)18-11-19-21(28)26(7-8-27(19)25-18)12-14-3-5-15(24)10-16(14)22/h3-11H,2,12H2,1H3. The van der Waals surface area contributed by atoms with Crippen LogP contribution >= 0.6 is 23.2 Å². The highest BCUT2D eigenvalue weighted by molar-refractivity contribution is 6.32. The molecule has 0 N–H and O–H groups in total. The molecule has 2 aromatic heterocycles. The normalized spacial score (nSPS) is 11.2. The van der Waals surface area contributed by atoms with Crippen LogP contribution < -0.4 is 10.3 Å². The van der Waals surface area contributed by atoms with Crippen molar-refractivity contribution in [1.29, 1.82) is 0 Å². The van der Waals surface area contributed by atoms with Gasteiger partial charge in [0.15, 0.2) is 0 Å². The monoisotopic (exact) mass is 431 g/mol. The minimum Gasteiger partial charge on any atom is -0.492 e. The molecule has 0 radical (unpaired) electrons. The van der Waals surface area contributed by atoms with Crippen molar-refractivity contribution in [2.45, 2.75) is 13.5 Å². The fourth-order valence-electron chi connectivity index (χ4n) is 3.06. The second-order valence-electron chi connectivity index (χ2n) is 6.40. The first-order valence-electron chi connectivity index (χ1n) is 8.91. The summed E-state index contributed by atoms with van der Waals surface area (Å²) in [7, 11) is 0. The molecule has 0 atom stereocenters. The van der Waals surface area contributed by atoms with E-state index in [2.05, 4.69) is 5.10 Å². The number of halogens is 3. The second kappa shape index (κ2) is 7.89. The summed E-state index contributed by atoms with van der Waals surface area (Å²) in [6, 6.07) is 11.2. The predicted molar refractivity (Wildman–Crippen MR) is 112 cm³/mol. The van der Waals surface area contributed by atoms with E-state index in [1.807, 2.05) is 13.0 Å². The summed E-state index contributed by atoms with van der Waals surface area (Å²) in [5, 5.41) is 5.22. The molecule has 0 spiro atoms. The molecule has 4 rings (SSSR count). The van der Waals surface area contributed by atoms with Crippen LogP contribution in [0.1, 0.15) is 12.5 Å². The Balaban J connectivity index is 1.71. The van der Waals surface area contributed by atoms with E-state index in [4.69, 9.17) is 27.9 Å². The van der Waals surface area contributed by atoms with Gasteiger partial charge in [-0.05, 0) is 48.9 Å². The molecule has 0 saturated carbocycles. The Hall–Kier alpha value is -2.83. The molecule has 0 bridgehead atoms. The highest BCUT2D eigenvalue weighted by atomic mass is 35.5. The molecule has 0 aliphatic heterocycles. The van der Waals surface area contributed by atoms with E-state index in [1.165, 1.54) is 21.2 Å². The van der Waals surface area contributed by atoms with Crippen LogP contribution in [0.25, 0.3) is 16.8 Å². The van der Waals surface area contributed by atoms with Gasteiger partial charge in [0, 0.05) is 23.0 Å². The quantitative estimate of drug-likeness (QED) is 0.443. The number of benzene rings is 2. The smallest absolute Gasteiger partial charge is 0.276 e. The maximum absolute atomic E-state index is 13.3. The molecule has 0 unspecified atom stereocenters. The van der Waals surface area contributed by atoms with Gasteiger partial charge in [-0.25, -0.2) is 8.91 Å². The van der Waals surface area contributed by atoms with Gasteiger partial charge in [0.25, 0.3) is 5.56 Å². The highest BCUT2D eigenvalue weighted by Gasteiger charge is 2.12. The number of hydrogen-bond acceptors (Lipinski definition) is 3. The van der Waals surface area contributed by atoms with E-state index in [9.17, 15) is 9.18 Å². The Labute approximate surface area is 175 Å². The summed E-state index contributed by atoms with van der Waals surface area (Å²) in [5.41, 5.74) is 2.21. The summed E-state index contributed by atoms with van der Waals surface area (Å²) in [6.07, 6.45) is 3.31. The Bertz CT molecular complexity index is 1270. The van der Waals surface area contributed by atoms with Crippen LogP contribution in [-0.2, 0) is 6.54 Å². The first-order chi connectivity index (χ1) is 14.0. The number of ether oxygens (including phenoxy) is 1. The fraction of sp³-hybridized carbons (Fsp3) is 0.143. The molecule has 0 amide bonds. The summed E-state index contributed by atoms with van der Waals surface area (Å²) >= 11 is 12.4. The molecule has 2 heterocycles. The zero-order chi connectivity index (χ0) is 20.5. The van der Waals surface area contributed by atoms with Crippen molar-refractivity contribution >= 4 is 28.7 Å². The van der Waals surface area contributed by atoms with Gasteiger partial charge in [-0.15, -0.1) is 0 Å². The van der Waals surface area contributed by atoms with Gasteiger partial charge in [0.1, 0.15) is 17.1 Å². The van der Waals surface area contributed by atoms with Gasteiger partial charge in [0.2, 0.25) is 0 Å². The number of aromatic nitrogens is 3. The van der Waals surface area contributed by atoms with Crippen LogP contribution in [0.2, 0.25) is 10.0 Å². The Morgan fingerprint density at radius 1 is 1.07 bits per heavy atom. The van der Waals surface area contributed by atoms with Crippen LogP contribution in [0.4, 0.5) is 4.39 Å². The summed E-state index contributed by atoms with van der Waals surface area (Å²) in [5.74, 6) is 0.177. The van der Waals surface area contributed by atoms with Crippen LogP contribution in [0, 0.1) is 5.82 Å². The third-order valence-corrected chi connectivity index (χ3v) is 5.13. The molecule has 29 heavy (non-hydrogen) atoms. The second-order valence-corrected chi connectivity index (χ2v) is 7.22. The lowest BCUT2D eigenvalue weighted by Crippen LogP contribution is -2.21. The van der Waals surface area contributed by atoms with Crippen molar-refractivity contribution in [1.82, 2.24) is 14.2 Å². The third-order valence-electron chi connectivity index (χ3n) is 4.49. The molecular formula is C21H16Cl2FN3O2. The number of fused-ring (bicyclic) bond motifs is 1. The average Bonchev–Trinajstić information content (AvgIpc) is 3.13. The Kier molecular flexibility index (Phi) is 5.30. The van der Waals surface area contributed by atoms with Gasteiger partial charge < -0.3 is 9.30 Å². The summed E-state index contributed by atoms with van der Waals surface area (Å²) < 4.78 is 21.7. The predicted octanol–water partition coefficient (Wildman–Crippen LogP) is 5.06. The van der Waals surface area contributed by atoms with Gasteiger partial charge in [0.05, 0.1) is 23.9 Å². The van der Waals surface area contributed by atoms with Crippen molar-refractivity contribution in [2.24, 2.45) is 0 Å². The van der Waals surface area contributed by atoms with Gasteiger partial charge in [-0.1, -0.05) is 29.3 Å². The molecule has 0 aliphatic rings. The largest absolute Gasteiger partial charge is 0.492 e. The van der Waals surface area contributed by atoms with Crippen molar-refractivity contribution in [2.75, 3.05) is 6.61 Å². The zero-order valence-electron chi connectivity index (χ0n) is 15.4.